The van der Waals surface area contributed by atoms with Crippen molar-refractivity contribution in [1.82, 2.24) is 5.32 Å². The lowest BCUT2D eigenvalue weighted by atomic mass is 10.1. The molecule has 0 aromatic heterocycles. The second kappa shape index (κ2) is 8.19. The molecule has 1 fully saturated rings. The number of aryl methyl sites for hydroxylation is 1. The Morgan fingerprint density at radius 3 is 2.65 bits per heavy atom. The van der Waals surface area contributed by atoms with Crippen LogP contribution in [0, 0.1) is 6.92 Å². The summed E-state index contributed by atoms with van der Waals surface area (Å²) in [5.74, 6) is -0.0132. The highest BCUT2D eigenvalue weighted by molar-refractivity contribution is 8.15. The van der Waals surface area contributed by atoms with Crippen molar-refractivity contribution >= 4 is 34.7 Å². The first-order valence-corrected chi connectivity index (χ1v) is 9.31. The molecule has 1 heterocycles. The Kier molecular flexibility index (Phi) is 5.73. The quantitative estimate of drug-likeness (QED) is 0.653. The minimum atomic E-state index is -0.162. The summed E-state index contributed by atoms with van der Waals surface area (Å²) in [5, 5.41) is 11.4. The second-order valence-corrected chi connectivity index (χ2v) is 7.62. The summed E-state index contributed by atoms with van der Waals surface area (Å²) in [4.78, 5) is 14.2. The third kappa shape index (κ3) is 4.73. The molecule has 0 saturated carbocycles. The van der Waals surface area contributed by atoms with Crippen LogP contribution in [-0.4, -0.2) is 36.6 Å². The van der Waals surface area contributed by atoms with Crippen molar-refractivity contribution in [2.75, 3.05) is 19.0 Å². The number of anilines is 1. The summed E-state index contributed by atoms with van der Waals surface area (Å²) in [5.41, 5.74) is 4.45. The molecule has 0 bridgehead atoms. The van der Waals surface area contributed by atoms with E-state index in [9.17, 15) is 4.79 Å². The molecule has 134 valence electrons. The normalized spacial score (nSPS) is 18.5. The minimum absolute atomic E-state index is 0.0132. The van der Waals surface area contributed by atoms with Crippen LogP contribution in [0.3, 0.4) is 0 Å². The molecule has 2 aromatic carbocycles. The van der Waals surface area contributed by atoms with Gasteiger partial charge in [-0.2, -0.15) is 5.10 Å². The molecule has 0 aliphatic carbocycles. The molecule has 0 radical (unpaired) electrons. The third-order valence-corrected chi connectivity index (χ3v) is 5.12. The largest absolute Gasteiger partial charge is 0.378 e. The number of nitrogens with zero attached hydrogens (tertiary/aromatic N) is 3. The zero-order valence-electron chi connectivity index (χ0n) is 15.1. The molecule has 1 N–H and O–H groups in total. The smallest absolute Gasteiger partial charge is 0.239 e. The fourth-order valence-electron chi connectivity index (χ4n) is 2.65. The van der Waals surface area contributed by atoms with E-state index >= 15 is 0 Å². The van der Waals surface area contributed by atoms with E-state index < -0.39 is 0 Å². The van der Waals surface area contributed by atoms with Crippen LogP contribution < -0.4 is 10.2 Å². The summed E-state index contributed by atoms with van der Waals surface area (Å²) in [6.07, 6.45) is 2.37. The zero-order valence-corrected chi connectivity index (χ0v) is 16.0. The lowest BCUT2D eigenvalue weighted by Gasteiger charge is -2.11. The van der Waals surface area contributed by atoms with Crippen LogP contribution in [-0.2, 0) is 11.2 Å². The Balaban J connectivity index is 1.60. The van der Waals surface area contributed by atoms with Crippen LogP contribution in [0.4, 0.5) is 5.69 Å². The number of hydrogen-bond acceptors (Lipinski definition) is 5. The maximum Gasteiger partial charge on any atom is 0.239 e. The Labute approximate surface area is 158 Å². The molecule has 1 aliphatic heterocycles. The van der Waals surface area contributed by atoms with Gasteiger partial charge in [-0.25, -0.2) is 0 Å². The SMILES string of the molecule is Cc1cccc(C[C@@H]2S/C(=N/N=C\c3ccc(N(C)C)cc3)NC2=O)c1. The molecule has 1 aliphatic rings. The number of amidine groups is 1. The summed E-state index contributed by atoms with van der Waals surface area (Å²) in [6, 6.07) is 16.3. The maximum absolute atomic E-state index is 12.1. The van der Waals surface area contributed by atoms with E-state index in [1.165, 1.54) is 17.3 Å². The molecule has 2 aromatic rings. The average Bonchev–Trinajstić information content (AvgIpc) is 2.95. The molecule has 6 heteroatoms. The molecule has 0 spiro atoms. The predicted octanol–water partition coefficient (Wildman–Crippen LogP) is 3.23. The summed E-state index contributed by atoms with van der Waals surface area (Å²) in [6.45, 7) is 2.05. The summed E-state index contributed by atoms with van der Waals surface area (Å²) < 4.78 is 0. The van der Waals surface area contributed by atoms with Crippen molar-refractivity contribution in [3.63, 3.8) is 0 Å². The fraction of sp³-hybridized carbons (Fsp3) is 0.250. The Morgan fingerprint density at radius 2 is 1.96 bits per heavy atom. The highest BCUT2D eigenvalue weighted by Crippen LogP contribution is 2.23. The van der Waals surface area contributed by atoms with Gasteiger partial charge in [-0.1, -0.05) is 53.7 Å². The number of nitrogens with one attached hydrogen (secondary N) is 1. The van der Waals surface area contributed by atoms with Gasteiger partial charge in [0.25, 0.3) is 0 Å². The Morgan fingerprint density at radius 1 is 1.19 bits per heavy atom. The molecule has 26 heavy (non-hydrogen) atoms. The number of thioether (sulfide) groups is 1. The monoisotopic (exact) mass is 366 g/mol. The van der Waals surface area contributed by atoms with E-state index in [2.05, 4.69) is 34.6 Å². The molecular weight excluding hydrogens is 344 g/mol. The predicted molar refractivity (Wildman–Crippen MR) is 110 cm³/mol. The van der Waals surface area contributed by atoms with Crippen LogP contribution >= 0.6 is 11.8 Å². The third-order valence-electron chi connectivity index (χ3n) is 4.04. The average molecular weight is 366 g/mol. The van der Waals surface area contributed by atoms with Gasteiger partial charge in [0.1, 0.15) is 0 Å². The van der Waals surface area contributed by atoms with Crippen molar-refractivity contribution in [1.29, 1.82) is 0 Å². The van der Waals surface area contributed by atoms with Gasteiger partial charge in [-0.15, -0.1) is 5.10 Å². The van der Waals surface area contributed by atoms with Crippen molar-refractivity contribution < 1.29 is 4.79 Å². The van der Waals surface area contributed by atoms with E-state index in [4.69, 9.17) is 0 Å². The highest BCUT2D eigenvalue weighted by atomic mass is 32.2. The number of carbonyl (C=O) groups excluding carboxylic acids is 1. The van der Waals surface area contributed by atoms with Crippen LogP contribution in [0.1, 0.15) is 16.7 Å². The zero-order chi connectivity index (χ0) is 18.5. The molecule has 3 rings (SSSR count). The van der Waals surface area contributed by atoms with Crippen molar-refractivity contribution in [3.8, 4) is 0 Å². The van der Waals surface area contributed by atoms with E-state index in [1.807, 2.05) is 55.4 Å². The van der Waals surface area contributed by atoms with E-state index in [0.29, 0.717) is 11.6 Å². The van der Waals surface area contributed by atoms with Crippen molar-refractivity contribution in [3.05, 3.63) is 65.2 Å². The van der Waals surface area contributed by atoms with E-state index in [1.54, 1.807) is 6.21 Å². The molecular formula is C20H22N4OS. The number of rotatable bonds is 5. The number of carbonyl (C=O) groups is 1. The van der Waals surface area contributed by atoms with Crippen LogP contribution in [0.25, 0.3) is 0 Å². The molecule has 1 atom stereocenters. The van der Waals surface area contributed by atoms with Crippen molar-refractivity contribution in [2.45, 2.75) is 18.6 Å². The van der Waals surface area contributed by atoms with Gasteiger partial charge < -0.3 is 10.2 Å². The van der Waals surface area contributed by atoms with Crippen LogP contribution in [0.15, 0.2) is 58.7 Å². The Hall–Kier alpha value is -2.60. The first-order chi connectivity index (χ1) is 12.5. The van der Waals surface area contributed by atoms with Gasteiger partial charge in [0.15, 0.2) is 5.17 Å². The number of hydrogen-bond donors (Lipinski definition) is 1. The molecule has 0 unspecified atom stereocenters. The van der Waals surface area contributed by atoms with Gasteiger partial charge >= 0.3 is 0 Å². The highest BCUT2D eigenvalue weighted by Gasteiger charge is 2.30. The van der Waals surface area contributed by atoms with Crippen LogP contribution in [0.2, 0.25) is 0 Å². The Bertz CT molecular complexity index is 843. The standard InChI is InChI=1S/C20H22N4OS/c1-14-5-4-6-16(11-14)12-18-19(25)22-20(26-18)23-21-13-15-7-9-17(10-8-15)24(2)3/h4-11,13,18H,12H2,1-3H3,(H,22,23,25)/b21-13-/t18-/m0/s1. The molecule has 1 saturated heterocycles. The number of amides is 1. The fourth-order valence-corrected chi connectivity index (χ4v) is 3.61. The van der Waals surface area contributed by atoms with Crippen molar-refractivity contribution in [2.24, 2.45) is 10.2 Å². The van der Waals surface area contributed by atoms with Gasteiger partial charge in [0, 0.05) is 19.8 Å². The van der Waals surface area contributed by atoms with Gasteiger partial charge in [0.05, 0.1) is 11.5 Å². The van der Waals surface area contributed by atoms with E-state index in [0.717, 1.165) is 16.8 Å². The topological polar surface area (TPSA) is 57.1 Å². The lowest BCUT2D eigenvalue weighted by molar-refractivity contribution is -0.118. The first-order valence-electron chi connectivity index (χ1n) is 8.43. The van der Waals surface area contributed by atoms with Gasteiger partial charge in [0.2, 0.25) is 5.91 Å². The van der Waals surface area contributed by atoms with Gasteiger partial charge in [-0.3, -0.25) is 4.79 Å². The van der Waals surface area contributed by atoms with Crippen LogP contribution in [0.5, 0.6) is 0 Å². The summed E-state index contributed by atoms with van der Waals surface area (Å²) in [7, 11) is 4.00. The van der Waals surface area contributed by atoms with Gasteiger partial charge in [-0.05, 0) is 36.6 Å². The van der Waals surface area contributed by atoms with E-state index in [-0.39, 0.29) is 11.2 Å². The summed E-state index contributed by atoms with van der Waals surface area (Å²) >= 11 is 1.43. The second-order valence-electron chi connectivity index (χ2n) is 6.42. The lowest BCUT2D eigenvalue weighted by Crippen LogP contribution is -2.25. The molecule has 5 nitrogen and oxygen atoms in total. The first kappa shape index (κ1) is 18.2. The number of benzene rings is 2. The maximum atomic E-state index is 12.1. The minimum Gasteiger partial charge on any atom is -0.378 e. The molecule has 1 amide bonds.